The summed E-state index contributed by atoms with van der Waals surface area (Å²) in [6.07, 6.45) is 11.9. The molecule has 0 radical (unpaired) electrons. The van der Waals surface area contributed by atoms with Gasteiger partial charge in [-0.1, -0.05) is 38.1 Å². The lowest BCUT2D eigenvalue weighted by atomic mass is 9.60. The zero-order chi connectivity index (χ0) is 43.7. The molecule has 2 unspecified atom stereocenters. The van der Waals surface area contributed by atoms with Crippen molar-refractivity contribution in [3.63, 3.8) is 0 Å². The number of aromatic amines is 1. The Hall–Kier alpha value is -5.26. The van der Waals surface area contributed by atoms with Crippen molar-refractivity contribution < 1.29 is 23.7 Å². The fourth-order valence-corrected chi connectivity index (χ4v) is 12.3. The zero-order valence-electron chi connectivity index (χ0n) is 36.4. The molecule has 16 heteroatoms. The highest BCUT2D eigenvalue weighted by atomic mass is 32.2. The number of benzene rings is 2. The number of aromatic nitrogens is 3. The lowest BCUT2D eigenvalue weighted by Gasteiger charge is -2.63. The van der Waals surface area contributed by atoms with E-state index in [1.807, 2.05) is 17.0 Å². The molecule has 2 spiro atoms. The minimum Gasteiger partial charge on any atom is -0.588 e. The summed E-state index contributed by atoms with van der Waals surface area (Å²) in [5, 5.41) is 13.2. The first-order valence-electron chi connectivity index (χ1n) is 22.8. The van der Waals surface area contributed by atoms with Gasteiger partial charge >= 0.3 is 0 Å². The summed E-state index contributed by atoms with van der Waals surface area (Å²) in [7, 11) is 0. The Morgan fingerprint density at radius 3 is 2.50 bits per heavy atom. The van der Waals surface area contributed by atoms with E-state index in [4.69, 9.17) is 14.5 Å². The van der Waals surface area contributed by atoms with Gasteiger partial charge in [0.25, 0.3) is 11.6 Å². The average Bonchev–Trinajstić information content (AvgIpc) is 3.92. The second kappa shape index (κ2) is 16.3. The van der Waals surface area contributed by atoms with Crippen LogP contribution in [0, 0.1) is 20.9 Å². The third-order valence-electron chi connectivity index (χ3n) is 15.1. The van der Waals surface area contributed by atoms with E-state index in [9.17, 15) is 19.5 Å². The lowest BCUT2D eigenvalue weighted by molar-refractivity contribution is -0.384. The van der Waals surface area contributed by atoms with E-state index in [0.717, 1.165) is 70.7 Å². The number of rotatable bonds is 12. The van der Waals surface area contributed by atoms with Gasteiger partial charge < -0.3 is 28.8 Å². The molecule has 8 heterocycles. The highest BCUT2D eigenvalue weighted by Gasteiger charge is 2.55. The molecular weight excluding hydrogens is 831 g/mol. The maximum atomic E-state index is 14.0. The Labute approximate surface area is 376 Å². The van der Waals surface area contributed by atoms with E-state index >= 15 is 0 Å². The van der Waals surface area contributed by atoms with Crippen LogP contribution in [0.15, 0.2) is 84.1 Å². The SMILES string of the molecule is CC(C)c1ccccc1C1CCCN1C1CC2(CCN(c3cc(Oc4cnc5[nH]ccc5c4)c(C(=O)N[S+]([O-])c4ccc(N5CC6(C5)CN(C5COC5)C6)c([N+](=O)[O-])c4)cn3)CC2)C1. The van der Waals surface area contributed by atoms with Gasteiger partial charge in [-0.2, -0.15) is 4.72 Å². The maximum Gasteiger partial charge on any atom is 0.297 e. The Morgan fingerprint density at radius 2 is 1.75 bits per heavy atom. The van der Waals surface area contributed by atoms with Crippen molar-refractivity contribution in [3.05, 3.63) is 106 Å². The number of amides is 1. The molecule has 2 N–H and O–H groups in total. The second-order valence-electron chi connectivity index (χ2n) is 19.5. The van der Waals surface area contributed by atoms with Crippen LogP contribution in [0.1, 0.15) is 85.8 Å². The predicted molar refractivity (Wildman–Crippen MR) is 244 cm³/mol. The van der Waals surface area contributed by atoms with E-state index in [2.05, 4.69) is 67.5 Å². The molecule has 1 amide bonds. The fraction of sp³-hybridized carbons (Fsp3) is 0.479. The summed E-state index contributed by atoms with van der Waals surface area (Å²) in [6, 6.07) is 20.7. The number of anilines is 2. The lowest BCUT2D eigenvalue weighted by Crippen LogP contribution is -2.75. The number of nitro benzene ring substituents is 1. The van der Waals surface area contributed by atoms with Gasteiger partial charge in [-0.15, -0.1) is 0 Å². The van der Waals surface area contributed by atoms with Crippen molar-refractivity contribution in [2.24, 2.45) is 10.8 Å². The number of pyridine rings is 2. The van der Waals surface area contributed by atoms with Crippen molar-refractivity contribution in [2.45, 2.75) is 81.3 Å². The van der Waals surface area contributed by atoms with Crippen LogP contribution in [0.3, 0.4) is 0 Å². The highest BCUT2D eigenvalue weighted by molar-refractivity contribution is 7.90. The van der Waals surface area contributed by atoms with E-state index < -0.39 is 22.2 Å². The largest absolute Gasteiger partial charge is 0.588 e. The van der Waals surface area contributed by atoms with Crippen LogP contribution in [-0.2, 0) is 16.1 Å². The fourth-order valence-electron chi connectivity index (χ4n) is 11.5. The first-order valence-corrected chi connectivity index (χ1v) is 24.0. The smallest absolute Gasteiger partial charge is 0.297 e. The summed E-state index contributed by atoms with van der Waals surface area (Å²) in [4.78, 5) is 47.8. The molecule has 3 aromatic heterocycles. The predicted octanol–water partition coefficient (Wildman–Crippen LogP) is 7.34. The van der Waals surface area contributed by atoms with Crippen LogP contribution < -0.4 is 19.3 Å². The monoisotopic (exact) mass is 885 g/mol. The van der Waals surface area contributed by atoms with Crippen molar-refractivity contribution >= 4 is 45.5 Å². The molecule has 334 valence electrons. The van der Waals surface area contributed by atoms with Gasteiger partial charge in [0.05, 0.1) is 36.4 Å². The minimum atomic E-state index is -2.11. The van der Waals surface area contributed by atoms with Gasteiger partial charge in [0, 0.05) is 80.6 Å². The molecule has 15 nitrogen and oxygen atoms in total. The molecule has 5 aliphatic heterocycles. The van der Waals surface area contributed by atoms with Crippen molar-refractivity contribution in [1.82, 2.24) is 29.5 Å². The summed E-state index contributed by atoms with van der Waals surface area (Å²) in [5.74, 6) is 1.20. The average molecular weight is 886 g/mol. The van der Waals surface area contributed by atoms with Crippen molar-refractivity contribution in [2.75, 3.05) is 68.8 Å². The molecular formula is C48H55N9O6S. The van der Waals surface area contributed by atoms with Crippen LogP contribution in [0.25, 0.3) is 11.0 Å². The van der Waals surface area contributed by atoms with E-state index in [0.29, 0.717) is 52.4 Å². The van der Waals surface area contributed by atoms with Gasteiger partial charge in [0.1, 0.15) is 45.6 Å². The first kappa shape index (κ1) is 41.4. The number of H-pyrrole nitrogens is 1. The zero-order valence-corrected chi connectivity index (χ0v) is 37.2. The van der Waals surface area contributed by atoms with Crippen molar-refractivity contribution in [1.29, 1.82) is 0 Å². The Balaban J connectivity index is 0.770. The van der Waals surface area contributed by atoms with Crippen LogP contribution in [0.5, 0.6) is 11.5 Å². The quantitative estimate of drug-likeness (QED) is 0.0728. The Morgan fingerprint density at radius 1 is 0.953 bits per heavy atom. The van der Waals surface area contributed by atoms with Gasteiger partial charge in [-0.25, -0.2) is 9.97 Å². The number of nitrogens with one attached hydrogen (secondary N) is 2. The van der Waals surface area contributed by atoms with Crippen LogP contribution in [0.4, 0.5) is 17.2 Å². The normalized spacial score (nSPS) is 22.6. The molecule has 2 atom stereocenters. The molecule has 2 aromatic carbocycles. The number of ether oxygens (including phenoxy) is 2. The summed E-state index contributed by atoms with van der Waals surface area (Å²) >= 11 is -2.11. The molecule has 5 aromatic rings. The maximum absolute atomic E-state index is 14.0. The number of fused-ring (bicyclic) bond motifs is 1. The van der Waals surface area contributed by atoms with E-state index in [1.165, 1.54) is 55.6 Å². The third kappa shape index (κ3) is 7.56. The molecule has 0 bridgehead atoms. The van der Waals surface area contributed by atoms with Gasteiger partial charge in [-0.3, -0.25) is 24.7 Å². The molecule has 6 aliphatic rings. The minimum absolute atomic E-state index is 0.0841. The van der Waals surface area contributed by atoms with Crippen LogP contribution in [0.2, 0.25) is 0 Å². The van der Waals surface area contributed by atoms with Crippen LogP contribution in [-0.4, -0.2) is 111 Å². The Kier molecular flexibility index (Phi) is 10.6. The van der Waals surface area contributed by atoms with E-state index in [1.54, 1.807) is 30.6 Å². The number of likely N-dealkylation sites (tertiary alicyclic amines) is 2. The number of piperidine rings is 1. The second-order valence-corrected chi connectivity index (χ2v) is 20.7. The molecule has 6 fully saturated rings. The summed E-state index contributed by atoms with van der Waals surface area (Å²) < 4.78 is 28.0. The number of carbonyl (C=O) groups is 1. The first-order chi connectivity index (χ1) is 31.0. The third-order valence-corrected chi connectivity index (χ3v) is 16.1. The molecule has 1 aliphatic carbocycles. The number of hydrogen-bond donors (Lipinski definition) is 2. The van der Waals surface area contributed by atoms with Gasteiger partial charge in [-0.05, 0) is 91.8 Å². The highest BCUT2D eigenvalue weighted by Crippen LogP contribution is 2.54. The number of hydrogen-bond acceptors (Lipinski definition) is 12. The van der Waals surface area contributed by atoms with Gasteiger partial charge in [0.2, 0.25) is 0 Å². The summed E-state index contributed by atoms with van der Waals surface area (Å²) in [6.45, 7) is 12.4. The van der Waals surface area contributed by atoms with E-state index in [-0.39, 0.29) is 27.3 Å². The molecule has 64 heavy (non-hydrogen) atoms. The topological polar surface area (TPSA) is 168 Å². The molecule has 5 saturated heterocycles. The Bertz CT molecular complexity index is 2570. The molecule has 11 rings (SSSR count). The van der Waals surface area contributed by atoms with Crippen LogP contribution >= 0.6 is 0 Å². The molecule has 1 saturated carbocycles. The number of nitrogens with zero attached hydrogens (tertiary/aromatic N) is 7. The number of carbonyl (C=O) groups excluding carboxylic acids is 1. The van der Waals surface area contributed by atoms with Crippen molar-refractivity contribution in [3.8, 4) is 11.5 Å². The number of nitro groups is 1. The summed E-state index contributed by atoms with van der Waals surface area (Å²) in [5.41, 5.74) is 4.58. The standard InChI is InChI=1S/C48H55N9O6S/c1-31(2)37-6-3-4-7-38(37)40-8-5-15-56(40)33-21-47(22-33)12-16-53(17-13-47)44-20-43(63-35-18-32-11-14-49-45(32)51-23-35)39(24-50-44)46(58)52-64(61)36-9-10-41(42(19-36)57(59)60)55-29-48(30-55)27-54(28-48)34-25-62-26-34/h3-4,6-7,9-11,14,18-20,23-24,31,33-34,40H,5,8,12-13,15-17,21-22,25-30H2,1-2H3,(H,49,51)(H,52,58). The van der Waals surface area contributed by atoms with Gasteiger partial charge in [0.15, 0.2) is 4.90 Å².